The third kappa shape index (κ3) is 3.19. The van der Waals surface area contributed by atoms with E-state index in [2.05, 4.69) is 5.32 Å². The van der Waals surface area contributed by atoms with Crippen LogP contribution >= 0.6 is 0 Å². The maximum absolute atomic E-state index is 10.8. The monoisotopic (exact) mass is 173 g/mol. The van der Waals surface area contributed by atoms with E-state index in [-0.39, 0.29) is 5.97 Å². The van der Waals surface area contributed by atoms with Crippen LogP contribution in [0.2, 0.25) is 0 Å². The number of rotatable bonds is 5. The fourth-order valence-electron chi connectivity index (χ4n) is 0.965. The molecule has 1 heterocycles. The highest BCUT2D eigenvalue weighted by molar-refractivity contribution is 5.69. The SMILES string of the molecule is CCOC(=O)CCNC1COC1. The summed E-state index contributed by atoms with van der Waals surface area (Å²) in [7, 11) is 0. The molecule has 70 valence electrons. The molecule has 0 saturated carbocycles. The van der Waals surface area contributed by atoms with Crippen LogP contribution in [0.5, 0.6) is 0 Å². The van der Waals surface area contributed by atoms with Crippen molar-refractivity contribution in [1.29, 1.82) is 0 Å². The third-order valence-electron chi connectivity index (χ3n) is 1.71. The Balaban J connectivity index is 1.90. The van der Waals surface area contributed by atoms with Gasteiger partial charge in [-0.25, -0.2) is 0 Å². The molecule has 0 amide bonds. The molecule has 4 nitrogen and oxygen atoms in total. The van der Waals surface area contributed by atoms with Crippen molar-refractivity contribution in [2.24, 2.45) is 0 Å². The molecule has 1 aliphatic heterocycles. The van der Waals surface area contributed by atoms with Gasteiger partial charge in [0.2, 0.25) is 0 Å². The molecule has 4 heteroatoms. The molecule has 1 aliphatic rings. The van der Waals surface area contributed by atoms with E-state index in [1.807, 2.05) is 6.92 Å². The molecule has 0 aromatic rings. The van der Waals surface area contributed by atoms with Gasteiger partial charge in [-0.3, -0.25) is 4.79 Å². The number of ether oxygens (including phenoxy) is 2. The average Bonchev–Trinajstić information content (AvgIpc) is 1.95. The van der Waals surface area contributed by atoms with Crippen molar-refractivity contribution in [3.8, 4) is 0 Å². The van der Waals surface area contributed by atoms with Crippen LogP contribution in [-0.2, 0) is 14.3 Å². The zero-order valence-corrected chi connectivity index (χ0v) is 7.34. The van der Waals surface area contributed by atoms with Gasteiger partial charge < -0.3 is 14.8 Å². The number of hydrogen-bond acceptors (Lipinski definition) is 4. The summed E-state index contributed by atoms with van der Waals surface area (Å²) >= 11 is 0. The van der Waals surface area contributed by atoms with Crippen molar-refractivity contribution in [1.82, 2.24) is 5.32 Å². The number of esters is 1. The highest BCUT2D eigenvalue weighted by Gasteiger charge is 2.17. The van der Waals surface area contributed by atoms with Gasteiger partial charge in [-0.1, -0.05) is 0 Å². The molecule has 0 aromatic heterocycles. The Labute approximate surface area is 72.2 Å². The second kappa shape index (κ2) is 5.11. The molecule has 1 rings (SSSR count). The lowest BCUT2D eigenvalue weighted by Crippen LogP contribution is -2.46. The molecular weight excluding hydrogens is 158 g/mol. The minimum absolute atomic E-state index is 0.134. The van der Waals surface area contributed by atoms with E-state index >= 15 is 0 Å². The Morgan fingerprint density at radius 3 is 2.92 bits per heavy atom. The Morgan fingerprint density at radius 1 is 1.67 bits per heavy atom. The lowest BCUT2D eigenvalue weighted by atomic mass is 10.2. The van der Waals surface area contributed by atoms with Gasteiger partial charge in [-0.15, -0.1) is 0 Å². The van der Waals surface area contributed by atoms with Crippen molar-refractivity contribution in [2.75, 3.05) is 26.4 Å². The second-order valence-corrected chi connectivity index (χ2v) is 2.74. The molecule has 12 heavy (non-hydrogen) atoms. The van der Waals surface area contributed by atoms with Crippen LogP contribution in [-0.4, -0.2) is 38.4 Å². The highest BCUT2D eigenvalue weighted by atomic mass is 16.5. The van der Waals surface area contributed by atoms with Crippen molar-refractivity contribution in [2.45, 2.75) is 19.4 Å². The summed E-state index contributed by atoms with van der Waals surface area (Å²) in [5.41, 5.74) is 0. The van der Waals surface area contributed by atoms with Crippen molar-refractivity contribution < 1.29 is 14.3 Å². The van der Waals surface area contributed by atoms with E-state index in [1.165, 1.54) is 0 Å². The van der Waals surface area contributed by atoms with Gasteiger partial charge in [0.05, 0.1) is 32.3 Å². The van der Waals surface area contributed by atoms with E-state index in [1.54, 1.807) is 0 Å². The smallest absolute Gasteiger partial charge is 0.307 e. The Kier molecular flexibility index (Phi) is 4.04. The highest BCUT2D eigenvalue weighted by Crippen LogP contribution is 1.98. The van der Waals surface area contributed by atoms with Crippen LogP contribution in [0.15, 0.2) is 0 Å². The molecule has 0 aliphatic carbocycles. The van der Waals surface area contributed by atoms with Crippen LogP contribution < -0.4 is 5.32 Å². The molecule has 0 unspecified atom stereocenters. The third-order valence-corrected chi connectivity index (χ3v) is 1.71. The fourth-order valence-corrected chi connectivity index (χ4v) is 0.965. The number of carbonyl (C=O) groups is 1. The Hall–Kier alpha value is -0.610. The van der Waals surface area contributed by atoms with Gasteiger partial charge in [0.25, 0.3) is 0 Å². The first kappa shape index (κ1) is 9.48. The molecule has 1 N–H and O–H groups in total. The summed E-state index contributed by atoms with van der Waals surface area (Å²) < 4.78 is 9.73. The van der Waals surface area contributed by atoms with Crippen LogP contribution in [0, 0.1) is 0 Å². The minimum atomic E-state index is -0.134. The van der Waals surface area contributed by atoms with Gasteiger partial charge in [-0.05, 0) is 6.92 Å². The van der Waals surface area contributed by atoms with Gasteiger partial charge in [-0.2, -0.15) is 0 Å². The second-order valence-electron chi connectivity index (χ2n) is 2.74. The van der Waals surface area contributed by atoms with E-state index in [0.717, 1.165) is 13.2 Å². The standard InChI is InChI=1S/C8H15NO3/c1-2-12-8(10)3-4-9-7-5-11-6-7/h7,9H,2-6H2,1H3. The molecule has 0 aromatic carbocycles. The largest absolute Gasteiger partial charge is 0.466 e. The quantitative estimate of drug-likeness (QED) is 0.591. The summed E-state index contributed by atoms with van der Waals surface area (Å²) in [6, 6.07) is 0.444. The van der Waals surface area contributed by atoms with Gasteiger partial charge in [0.1, 0.15) is 0 Å². The summed E-state index contributed by atoms with van der Waals surface area (Å²) in [5.74, 6) is -0.134. The lowest BCUT2D eigenvalue weighted by molar-refractivity contribution is -0.143. The first-order chi connectivity index (χ1) is 5.83. The first-order valence-electron chi connectivity index (χ1n) is 4.29. The van der Waals surface area contributed by atoms with Crippen LogP contribution in [0.25, 0.3) is 0 Å². The lowest BCUT2D eigenvalue weighted by Gasteiger charge is -2.26. The molecule has 0 spiro atoms. The molecule has 0 bridgehead atoms. The summed E-state index contributed by atoms with van der Waals surface area (Å²) in [6.07, 6.45) is 0.449. The van der Waals surface area contributed by atoms with Crippen molar-refractivity contribution >= 4 is 5.97 Å². The number of carbonyl (C=O) groups excluding carboxylic acids is 1. The number of nitrogens with one attached hydrogen (secondary N) is 1. The number of hydrogen-bond donors (Lipinski definition) is 1. The molecule has 0 atom stereocenters. The van der Waals surface area contributed by atoms with E-state index in [9.17, 15) is 4.79 Å². The first-order valence-corrected chi connectivity index (χ1v) is 4.29. The minimum Gasteiger partial charge on any atom is -0.466 e. The Morgan fingerprint density at radius 2 is 2.42 bits per heavy atom. The van der Waals surface area contributed by atoms with Crippen LogP contribution in [0.3, 0.4) is 0 Å². The van der Waals surface area contributed by atoms with Gasteiger partial charge in [0.15, 0.2) is 0 Å². The predicted molar refractivity (Wildman–Crippen MR) is 43.9 cm³/mol. The summed E-state index contributed by atoms with van der Waals surface area (Å²) in [5, 5.41) is 3.18. The van der Waals surface area contributed by atoms with E-state index in [0.29, 0.717) is 25.6 Å². The molecule has 1 saturated heterocycles. The summed E-state index contributed by atoms with van der Waals surface area (Å²) in [6.45, 7) is 4.50. The average molecular weight is 173 g/mol. The zero-order valence-electron chi connectivity index (χ0n) is 7.34. The maximum atomic E-state index is 10.8. The van der Waals surface area contributed by atoms with Gasteiger partial charge in [0, 0.05) is 6.54 Å². The Bertz CT molecular complexity index is 145. The van der Waals surface area contributed by atoms with E-state index in [4.69, 9.17) is 9.47 Å². The molecule has 0 radical (unpaired) electrons. The zero-order chi connectivity index (χ0) is 8.81. The normalized spacial score (nSPS) is 17.1. The predicted octanol–water partition coefficient (Wildman–Crippen LogP) is -0.0720. The van der Waals surface area contributed by atoms with Crippen LogP contribution in [0.4, 0.5) is 0 Å². The maximum Gasteiger partial charge on any atom is 0.307 e. The topological polar surface area (TPSA) is 47.6 Å². The fraction of sp³-hybridized carbons (Fsp3) is 0.875. The van der Waals surface area contributed by atoms with Crippen molar-refractivity contribution in [3.05, 3.63) is 0 Å². The molecule has 1 fully saturated rings. The van der Waals surface area contributed by atoms with Gasteiger partial charge >= 0.3 is 5.97 Å². The van der Waals surface area contributed by atoms with Crippen molar-refractivity contribution in [3.63, 3.8) is 0 Å². The summed E-state index contributed by atoms with van der Waals surface area (Å²) in [4.78, 5) is 10.8. The van der Waals surface area contributed by atoms with Crippen LogP contribution in [0.1, 0.15) is 13.3 Å². The van der Waals surface area contributed by atoms with E-state index < -0.39 is 0 Å². The molecular formula is C8H15NO3.